The van der Waals surface area contributed by atoms with Gasteiger partial charge >= 0.3 is 0 Å². The van der Waals surface area contributed by atoms with Gasteiger partial charge in [0.1, 0.15) is 17.5 Å². The van der Waals surface area contributed by atoms with Gasteiger partial charge in [0.15, 0.2) is 0 Å². The molecule has 0 unspecified atom stereocenters. The number of hydrogen-bond donors (Lipinski definition) is 0. The third-order valence-corrected chi connectivity index (χ3v) is 5.30. The first-order valence-corrected chi connectivity index (χ1v) is 9.14. The summed E-state index contributed by atoms with van der Waals surface area (Å²) in [4.78, 5) is 17.0. The summed E-state index contributed by atoms with van der Waals surface area (Å²) in [5, 5.41) is 0. The van der Waals surface area contributed by atoms with Gasteiger partial charge in [-0.2, -0.15) is 0 Å². The monoisotopic (exact) mass is 398 g/mol. The van der Waals surface area contributed by atoms with Gasteiger partial charge in [-0.05, 0) is 42.5 Å². The molecular weight excluding hydrogens is 388 g/mol. The first kappa shape index (κ1) is 14.2. The molecule has 0 aromatic heterocycles. The maximum absolute atomic E-state index is 4.97. The molecule has 0 radical (unpaired) electrons. The number of halogens is 1. The van der Waals surface area contributed by atoms with Crippen LogP contribution in [0.5, 0.6) is 0 Å². The standard InChI is InChI=1S/C21H11BrN4/c22-12-9-10-18-15(11-12)21-24-17-8-4-2-6-14(17)19-23-16-7-3-1-5-13(16)20(25-18)26(19)21/h1-11H. The Bertz CT molecular complexity index is 1200. The summed E-state index contributed by atoms with van der Waals surface area (Å²) in [5.74, 6) is 2.64. The normalized spacial score (nSPS) is 15.7. The van der Waals surface area contributed by atoms with Gasteiger partial charge in [-0.3, -0.25) is 4.90 Å². The predicted molar refractivity (Wildman–Crippen MR) is 107 cm³/mol. The maximum atomic E-state index is 4.97. The van der Waals surface area contributed by atoms with Crippen molar-refractivity contribution >= 4 is 50.5 Å². The highest BCUT2D eigenvalue weighted by Crippen LogP contribution is 2.41. The molecule has 3 aromatic rings. The maximum Gasteiger partial charge on any atom is 0.150 e. The Morgan fingerprint density at radius 2 is 1.08 bits per heavy atom. The molecule has 3 aromatic carbocycles. The van der Waals surface area contributed by atoms with E-state index in [1.807, 2.05) is 48.5 Å². The van der Waals surface area contributed by atoms with Gasteiger partial charge in [0, 0.05) is 21.2 Å². The highest BCUT2D eigenvalue weighted by atomic mass is 79.9. The molecule has 0 amide bonds. The van der Waals surface area contributed by atoms with Crippen molar-refractivity contribution in [3.8, 4) is 0 Å². The molecule has 5 heteroatoms. The Kier molecular flexibility index (Phi) is 2.72. The van der Waals surface area contributed by atoms with Crippen LogP contribution in [0.15, 0.2) is 86.2 Å². The van der Waals surface area contributed by atoms with Crippen molar-refractivity contribution in [1.82, 2.24) is 4.90 Å². The molecule has 0 bridgehead atoms. The second-order valence-corrected chi connectivity index (χ2v) is 7.25. The molecule has 0 saturated heterocycles. The Balaban J connectivity index is 1.77. The highest BCUT2D eigenvalue weighted by molar-refractivity contribution is 9.10. The molecular formula is C21H11BrN4. The van der Waals surface area contributed by atoms with Crippen LogP contribution in [0.1, 0.15) is 16.7 Å². The van der Waals surface area contributed by atoms with Crippen LogP contribution in [0.2, 0.25) is 0 Å². The Morgan fingerprint density at radius 3 is 1.69 bits per heavy atom. The number of fused-ring (bicyclic) bond motifs is 6. The van der Waals surface area contributed by atoms with E-state index in [4.69, 9.17) is 15.0 Å². The summed E-state index contributed by atoms with van der Waals surface area (Å²) < 4.78 is 1.01. The first-order valence-electron chi connectivity index (χ1n) is 8.34. The van der Waals surface area contributed by atoms with Crippen molar-refractivity contribution in [2.24, 2.45) is 15.0 Å². The van der Waals surface area contributed by atoms with E-state index in [0.717, 1.165) is 55.7 Å². The zero-order valence-electron chi connectivity index (χ0n) is 13.5. The predicted octanol–water partition coefficient (Wildman–Crippen LogP) is 5.33. The second kappa shape index (κ2) is 4.99. The van der Waals surface area contributed by atoms with Gasteiger partial charge in [-0.25, -0.2) is 15.0 Å². The molecule has 3 aliphatic heterocycles. The van der Waals surface area contributed by atoms with E-state index in [2.05, 4.69) is 39.0 Å². The number of para-hydroxylation sites is 2. The fraction of sp³-hybridized carbons (Fsp3) is 0. The quantitative estimate of drug-likeness (QED) is 0.504. The minimum atomic E-state index is 0.873. The highest BCUT2D eigenvalue weighted by Gasteiger charge is 2.38. The molecule has 4 nitrogen and oxygen atoms in total. The number of rotatable bonds is 0. The molecule has 0 spiro atoms. The van der Waals surface area contributed by atoms with E-state index in [1.165, 1.54) is 0 Å². The number of benzene rings is 3. The van der Waals surface area contributed by atoms with Crippen molar-refractivity contribution < 1.29 is 0 Å². The minimum absolute atomic E-state index is 0.873. The van der Waals surface area contributed by atoms with E-state index in [-0.39, 0.29) is 0 Å². The van der Waals surface area contributed by atoms with Crippen molar-refractivity contribution in [2.45, 2.75) is 0 Å². The van der Waals surface area contributed by atoms with Crippen LogP contribution in [0.4, 0.5) is 17.1 Å². The van der Waals surface area contributed by atoms with Gasteiger partial charge in [-0.1, -0.05) is 40.2 Å². The van der Waals surface area contributed by atoms with Crippen molar-refractivity contribution in [3.05, 3.63) is 87.9 Å². The van der Waals surface area contributed by atoms with E-state index >= 15 is 0 Å². The van der Waals surface area contributed by atoms with Crippen LogP contribution in [0.25, 0.3) is 0 Å². The van der Waals surface area contributed by atoms with Gasteiger partial charge < -0.3 is 0 Å². The molecule has 6 rings (SSSR count). The molecule has 122 valence electrons. The van der Waals surface area contributed by atoms with Gasteiger partial charge in [0.05, 0.1) is 17.1 Å². The van der Waals surface area contributed by atoms with Crippen LogP contribution in [-0.4, -0.2) is 22.4 Å². The van der Waals surface area contributed by atoms with Crippen molar-refractivity contribution in [1.29, 1.82) is 0 Å². The van der Waals surface area contributed by atoms with Gasteiger partial charge in [-0.15, -0.1) is 0 Å². The smallest absolute Gasteiger partial charge is 0.150 e. The zero-order chi connectivity index (χ0) is 17.3. The third-order valence-electron chi connectivity index (χ3n) is 4.80. The first-order chi connectivity index (χ1) is 12.8. The molecule has 3 heterocycles. The molecule has 0 fully saturated rings. The van der Waals surface area contributed by atoms with Gasteiger partial charge in [0.25, 0.3) is 0 Å². The van der Waals surface area contributed by atoms with E-state index in [0.29, 0.717) is 0 Å². The average Bonchev–Trinajstić information content (AvgIpc) is 2.68. The molecule has 0 saturated carbocycles. The fourth-order valence-electron chi connectivity index (χ4n) is 3.64. The molecule has 26 heavy (non-hydrogen) atoms. The summed E-state index contributed by atoms with van der Waals surface area (Å²) >= 11 is 3.57. The van der Waals surface area contributed by atoms with E-state index in [1.54, 1.807) is 0 Å². The lowest BCUT2D eigenvalue weighted by Gasteiger charge is -2.38. The number of hydrogen-bond acceptors (Lipinski definition) is 4. The number of nitrogens with zero attached hydrogens (tertiary/aromatic N) is 4. The van der Waals surface area contributed by atoms with Crippen molar-refractivity contribution in [2.75, 3.05) is 0 Å². The third kappa shape index (κ3) is 1.81. The lowest BCUT2D eigenvalue weighted by molar-refractivity contribution is 0.863. The number of aliphatic imine (C=N–C) groups is 3. The number of amidine groups is 3. The summed E-state index contributed by atoms with van der Waals surface area (Å²) in [6.45, 7) is 0. The summed E-state index contributed by atoms with van der Waals surface area (Å²) in [5.41, 5.74) is 5.85. The molecule has 0 N–H and O–H groups in total. The Hall–Kier alpha value is -3.05. The summed E-state index contributed by atoms with van der Waals surface area (Å²) in [6.07, 6.45) is 0. The van der Waals surface area contributed by atoms with Crippen molar-refractivity contribution in [3.63, 3.8) is 0 Å². The van der Waals surface area contributed by atoms with Crippen LogP contribution in [0.3, 0.4) is 0 Å². The lowest BCUT2D eigenvalue weighted by atomic mass is 9.98. The largest absolute Gasteiger partial charge is 0.261 e. The SMILES string of the molecule is Brc1ccc2c(c1)C1=Nc3ccccc3C3=Nc4ccccc4C(=N2)N31. The fourth-order valence-corrected chi connectivity index (χ4v) is 4.00. The topological polar surface area (TPSA) is 40.3 Å². The Morgan fingerprint density at radius 1 is 0.577 bits per heavy atom. The van der Waals surface area contributed by atoms with E-state index in [9.17, 15) is 0 Å². The average molecular weight is 399 g/mol. The lowest BCUT2D eigenvalue weighted by Crippen LogP contribution is -2.48. The van der Waals surface area contributed by atoms with Crippen LogP contribution < -0.4 is 0 Å². The second-order valence-electron chi connectivity index (χ2n) is 6.34. The molecule has 0 atom stereocenters. The van der Waals surface area contributed by atoms with Crippen LogP contribution in [-0.2, 0) is 0 Å². The molecule has 0 aliphatic carbocycles. The van der Waals surface area contributed by atoms with Gasteiger partial charge in [0.2, 0.25) is 0 Å². The van der Waals surface area contributed by atoms with Crippen LogP contribution >= 0.6 is 15.9 Å². The zero-order valence-corrected chi connectivity index (χ0v) is 15.1. The Labute approximate surface area is 158 Å². The summed E-state index contributed by atoms with van der Waals surface area (Å²) in [6, 6.07) is 22.4. The molecule has 3 aliphatic rings. The van der Waals surface area contributed by atoms with E-state index < -0.39 is 0 Å². The van der Waals surface area contributed by atoms with Crippen LogP contribution in [0, 0.1) is 0 Å². The summed E-state index contributed by atoms with van der Waals surface area (Å²) in [7, 11) is 0. The minimum Gasteiger partial charge on any atom is -0.261 e.